The molecule has 0 saturated carbocycles. The third-order valence-electron chi connectivity index (χ3n) is 5.17. The molecule has 0 radical (unpaired) electrons. The second kappa shape index (κ2) is 8.24. The van der Waals surface area contributed by atoms with Gasteiger partial charge in [0.05, 0.1) is 23.5 Å². The number of rotatable bonds is 5. The largest absolute Gasteiger partial charge is 0.277 e. The Bertz CT molecular complexity index is 1300. The Morgan fingerprint density at radius 1 is 0.710 bits per heavy atom. The molecule has 2 heterocycles. The van der Waals surface area contributed by atoms with Gasteiger partial charge in [-0.3, -0.25) is 9.89 Å². The zero-order valence-electron chi connectivity index (χ0n) is 16.8. The zero-order valence-corrected chi connectivity index (χ0v) is 16.8. The van der Waals surface area contributed by atoms with Crippen molar-refractivity contribution in [1.82, 2.24) is 20.0 Å². The summed E-state index contributed by atoms with van der Waals surface area (Å²) in [5.74, 6) is 0. The van der Waals surface area contributed by atoms with Crippen LogP contribution in [0.15, 0.2) is 108 Å². The minimum atomic E-state index is -0.140. The topological polar surface area (TPSA) is 63.6 Å². The molecule has 0 unspecified atom stereocenters. The van der Waals surface area contributed by atoms with Gasteiger partial charge in [0.25, 0.3) is 5.56 Å². The summed E-state index contributed by atoms with van der Waals surface area (Å²) in [6, 6.07) is 33.2. The lowest BCUT2D eigenvalue weighted by Crippen LogP contribution is -2.22. The average molecular weight is 404 g/mol. The van der Waals surface area contributed by atoms with E-state index in [4.69, 9.17) is 5.10 Å². The molecule has 150 valence electrons. The van der Waals surface area contributed by atoms with Crippen LogP contribution in [0.4, 0.5) is 0 Å². The van der Waals surface area contributed by atoms with Gasteiger partial charge in [-0.1, -0.05) is 91.0 Å². The van der Waals surface area contributed by atoms with Gasteiger partial charge < -0.3 is 0 Å². The van der Waals surface area contributed by atoms with E-state index in [9.17, 15) is 4.79 Å². The van der Waals surface area contributed by atoms with Crippen molar-refractivity contribution >= 4 is 0 Å². The van der Waals surface area contributed by atoms with Gasteiger partial charge in [-0.15, -0.1) is 0 Å². The van der Waals surface area contributed by atoms with Gasteiger partial charge in [0.2, 0.25) is 0 Å². The number of nitrogens with zero attached hydrogens (tertiary/aromatic N) is 3. The molecular formula is C26H20N4O. The van der Waals surface area contributed by atoms with E-state index in [-0.39, 0.29) is 5.56 Å². The van der Waals surface area contributed by atoms with Crippen molar-refractivity contribution in [2.24, 2.45) is 0 Å². The van der Waals surface area contributed by atoms with Crippen LogP contribution >= 0.6 is 0 Å². The minimum absolute atomic E-state index is 0.140. The van der Waals surface area contributed by atoms with Crippen molar-refractivity contribution in [3.63, 3.8) is 0 Å². The highest BCUT2D eigenvalue weighted by Gasteiger charge is 2.20. The minimum Gasteiger partial charge on any atom is -0.277 e. The molecule has 5 heteroatoms. The van der Waals surface area contributed by atoms with E-state index in [2.05, 4.69) is 10.2 Å². The maximum atomic E-state index is 12.5. The highest BCUT2D eigenvalue weighted by atomic mass is 16.1. The van der Waals surface area contributed by atoms with E-state index < -0.39 is 0 Å². The SMILES string of the molecule is O=c1ccc(-c2c(-c3ccccc3)n[nH]c2-c2ccccc2)nn1Cc1ccccc1. The molecule has 0 atom stereocenters. The molecular weight excluding hydrogens is 384 g/mol. The predicted molar refractivity (Wildman–Crippen MR) is 122 cm³/mol. The van der Waals surface area contributed by atoms with E-state index >= 15 is 0 Å². The summed E-state index contributed by atoms with van der Waals surface area (Å²) in [6.45, 7) is 0.409. The second-order valence-electron chi connectivity index (χ2n) is 7.25. The van der Waals surface area contributed by atoms with Gasteiger partial charge in [-0.05, 0) is 11.6 Å². The van der Waals surface area contributed by atoms with Crippen LogP contribution in [-0.4, -0.2) is 20.0 Å². The van der Waals surface area contributed by atoms with Gasteiger partial charge in [0.1, 0.15) is 5.69 Å². The van der Waals surface area contributed by atoms with Gasteiger partial charge in [-0.25, -0.2) is 4.68 Å². The van der Waals surface area contributed by atoms with Crippen LogP contribution < -0.4 is 5.56 Å². The molecule has 0 amide bonds. The predicted octanol–water partition coefficient (Wildman–Crippen LogP) is 5.02. The normalized spacial score (nSPS) is 10.8. The Kier molecular flexibility index (Phi) is 4.99. The average Bonchev–Trinajstić information content (AvgIpc) is 3.28. The Morgan fingerprint density at radius 2 is 1.32 bits per heavy atom. The summed E-state index contributed by atoms with van der Waals surface area (Å²) in [7, 11) is 0. The van der Waals surface area contributed by atoms with Crippen LogP contribution in [0.5, 0.6) is 0 Å². The fraction of sp³-hybridized carbons (Fsp3) is 0.0385. The Morgan fingerprint density at radius 3 is 2.00 bits per heavy atom. The van der Waals surface area contributed by atoms with E-state index in [1.165, 1.54) is 4.68 Å². The first-order valence-electron chi connectivity index (χ1n) is 10.1. The van der Waals surface area contributed by atoms with Crippen molar-refractivity contribution in [1.29, 1.82) is 0 Å². The Balaban J connectivity index is 1.68. The number of hydrogen-bond acceptors (Lipinski definition) is 3. The number of nitrogens with one attached hydrogen (secondary N) is 1. The molecule has 0 spiro atoms. The van der Waals surface area contributed by atoms with E-state index in [1.807, 2.05) is 91.0 Å². The van der Waals surface area contributed by atoms with Crippen LogP contribution in [0.25, 0.3) is 33.8 Å². The molecule has 0 saturated heterocycles. The monoisotopic (exact) mass is 404 g/mol. The molecule has 0 aliphatic heterocycles. The van der Waals surface area contributed by atoms with Crippen LogP contribution in [-0.2, 0) is 6.54 Å². The van der Waals surface area contributed by atoms with Gasteiger partial charge in [-0.2, -0.15) is 10.2 Å². The van der Waals surface area contributed by atoms with Crippen molar-refractivity contribution < 1.29 is 0 Å². The third kappa shape index (κ3) is 3.81. The lowest BCUT2D eigenvalue weighted by atomic mass is 9.99. The van der Waals surface area contributed by atoms with E-state index in [0.717, 1.165) is 33.6 Å². The lowest BCUT2D eigenvalue weighted by Gasteiger charge is -2.10. The fourth-order valence-electron chi connectivity index (χ4n) is 3.66. The van der Waals surface area contributed by atoms with Gasteiger partial charge in [0.15, 0.2) is 0 Å². The molecule has 3 aromatic carbocycles. The molecule has 5 aromatic rings. The van der Waals surface area contributed by atoms with Crippen LogP contribution in [0, 0.1) is 0 Å². The molecule has 0 aliphatic rings. The summed E-state index contributed by atoms with van der Waals surface area (Å²) < 4.78 is 1.50. The molecule has 0 aliphatic carbocycles. The van der Waals surface area contributed by atoms with Crippen LogP contribution in [0.3, 0.4) is 0 Å². The number of aromatic nitrogens is 4. The summed E-state index contributed by atoms with van der Waals surface area (Å²) in [5.41, 5.74) is 6.12. The second-order valence-corrected chi connectivity index (χ2v) is 7.25. The van der Waals surface area contributed by atoms with Crippen LogP contribution in [0.1, 0.15) is 5.56 Å². The third-order valence-corrected chi connectivity index (χ3v) is 5.17. The first-order valence-corrected chi connectivity index (χ1v) is 10.1. The standard InChI is InChI=1S/C26H20N4O/c31-23-17-16-22(29-30(23)18-19-10-4-1-5-11-19)24-25(20-12-6-2-7-13-20)27-28-26(24)21-14-8-3-9-15-21/h1-17H,18H2,(H,27,28). The number of benzene rings is 3. The van der Waals surface area contributed by atoms with Crippen LogP contribution in [0.2, 0.25) is 0 Å². The van der Waals surface area contributed by atoms with E-state index in [0.29, 0.717) is 12.2 Å². The highest BCUT2D eigenvalue weighted by molar-refractivity contribution is 5.89. The first-order chi connectivity index (χ1) is 15.3. The molecule has 0 bridgehead atoms. The summed E-state index contributed by atoms with van der Waals surface area (Å²) in [4.78, 5) is 12.5. The Labute approximate surface area is 179 Å². The maximum absolute atomic E-state index is 12.5. The smallest absolute Gasteiger partial charge is 0.267 e. The molecule has 1 N–H and O–H groups in total. The molecule has 31 heavy (non-hydrogen) atoms. The maximum Gasteiger partial charge on any atom is 0.267 e. The fourth-order valence-corrected chi connectivity index (χ4v) is 3.66. The first kappa shape index (κ1) is 18.8. The van der Waals surface area contributed by atoms with Crippen molar-refractivity contribution in [2.75, 3.05) is 0 Å². The zero-order chi connectivity index (χ0) is 21.0. The van der Waals surface area contributed by atoms with Crippen molar-refractivity contribution in [2.45, 2.75) is 6.54 Å². The summed E-state index contributed by atoms with van der Waals surface area (Å²) in [5, 5.41) is 12.5. The van der Waals surface area contributed by atoms with E-state index in [1.54, 1.807) is 12.1 Å². The number of H-pyrrole nitrogens is 1. The van der Waals surface area contributed by atoms with Gasteiger partial charge >= 0.3 is 0 Å². The number of aromatic amines is 1. The molecule has 5 nitrogen and oxygen atoms in total. The number of hydrogen-bond donors (Lipinski definition) is 1. The summed E-state index contributed by atoms with van der Waals surface area (Å²) in [6.07, 6.45) is 0. The molecule has 2 aromatic heterocycles. The molecule has 5 rings (SSSR count). The van der Waals surface area contributed by atoms with Crippen molar-refractivity contribution in [3.8, 4) is 33.8 Å². The summed E-state index contributed by atoms with van der Waals surface area (Å²) >= 11 is 0. The lowest BCUT2D eigenvalue weighted by molar-refractivity contribution is 0.643. The molecule has 0 fully saturated rings. The quantitative estimate of drug-likeness (QED) is 0.448. The van der Waals surface area contributed by atoms with Gasteiger partial charge in [0, 0.05) is 17.2 Å². The van der Waals surface area contributed by atoms with Crippen molar-refractivity contribution in [3.05, 3.63) is 119 Å². The highest BCUT2D eigenvalue weighted by Crippen LogP contribution is 2.36. The Hall–Kier alpha value is -4.25.